The molecule has 0 aliphatic carbocycles. The first-order chi connectivity index (χ1) is 9.21. The van der Waals surface area contributed by atoms with Crippen molar-refractivity contribution in [3.63, 3.8) is 0 Å². The monoisotopic (exact) mass is 274 g/mol. The molecule has 0 bridgehead atoms. The van der Waals surface area contributed by atoms with E-state index in [9.17, 15) is 0 Å². The third-order valence-corrected chi connectivity index (χ3v) is 3.57. The van der Waals surface area contributed by atoms with E-state index in [4.69, 9.17) is 15.2 Å². The Morgan fingerprint density at radius 2 is 1.53 bits per heavy atom. The highest BCUT2D eigenvalue weighted by atomic mass is 16.5. The number of hydrogen-bond acceptors (Lipinski definition) is 4. The highest BCUT2D eigenvalue weighted by Gasteiger charge is 2.22. The molecule has 19 heavy (non-hydrogen) atoms. The molecule has 0 heterocycles. The molecule has 0 aromatic rings. The third kappa shape index (κ3) is 8.58. The maximum absolute atomic E-state index is 5.99. The van der Waals surface area contributed by atoms with Gasteiger partial charge in [0.2, 0.25) is 0 Å². The third-order valence-electron chi connectivity index (χ3n) is 3.57. The van der Waals surface area contributed by atoms with Crippen LogP contribution in [0.4, 0.5) is 0 Å². The zero-order valence-electron chi connectivity index (χ0n) is 13.4. The zero-order chi connectivity index (χ0) is 14.5. The summed E-state index contributed by atoms with van der Waals surface area (Å²) in [5.41, 5.74) is 5.99. The van der Waals surface area contributed by atoms with Gasteiger partial charge in [-0.2, -0.15) is 0 Å². The lowest BCUT2D eigenvalue weighted by Gasteiger charge is -2.35. The Kier molecular flexibility index (Phi) is 12.7. The first-order valence-corrected chi connectivity index (χ1v) is 7.80. The van der Waals surface area contributed by atoms with E-state index in [1.54, 1.807) is 0 Å². The average Bonchev–Trinajstić information content (AvgIpc) is 2.40. The topological polar surface area (TPSA) is 47.7 Å². The van der Waals surface area contributed by atoms with Gasteiger partial charge >= 0.3 is 0 Å². The first kappa shape index (κ1) is 18.8. The minimum atomic E-state index is 0.431. The Morgan fingerprint density at radius 3 is 1.89 bits per heavy atom. The summed E-state index contributed by atoms with van der Waals surface area (Å²) >= 11 is 0. The molecule has 0 radical (unpaired) electrons. The van der Waals surface area contributed by atoms with Gasteiger partial charge in [-0.3, -0.25) is 4.90 Å². The fraction of sp³-hybridized carbons (Fsp3) is 1.00. The number of ether oxygens (including phenoxy) is 2. The summed E-state index contributed by atoms with van der Waals surface area (Å²) in [7, 11) is 0. The predicted octanol–water partition coefficient (Wildman–Crippen LogP) is 2.12. The van der Waals surface area contributed by atoms with Crippen molar-refractivity contribution in [2.24, 2.45) is 11.7 Å². The van der Waals surface area contributed by atoms with E-state index in [1.165, 1.54) is 12.8 Å². The summed E-state index contributed by atoms with van der Waals surface area (Å²) in [5.74, 6) is 0.623. The van der Waals surface area contributed by atoms with Crippen molar-refractivity contribution < 1.29 is 9.47 Å². The van der Waals surface area contributed by atoms with Gasteiger partial charge in [0.25, 0.3) is 0 Å². The van der Waals surface area contributed by atoms with E-state index >= 15 is 0 Å². The van der Waals surface area contributed by atoms with Crippen LogP contribution >= 0.6 is 0 Å². The predicted molar refractivity (Wildman–Crippen MR) is 81.5 cm³/mol. The van der Waals surface area contributed by atoms with Crippen molar-refractivity contribution in [1.29, 1.82) is 0 Å². The van der Waals surface area contributed by atoms with Gasteiger partial charge in [0, 0.05) is 38.9 Å². The first-order valence-electron chi connectivity index (χ1n) is 7.80. The normalized spacial score (nSPS) is 14.8. The second-order valence-corrected chi connectivity index (χ2v) is 5.00. The van der Waals surface area contributed by atoms with Crippen molar-refractivity contribution in [2.45, 2.75) is 46.6 Å². The molecule has 116 valence electrons. The summed E-state index contributed by atoms with van der Waals surface area (Å²) in [6, 6.07) is 0.431. The van der Waals surface area contributed by atoms with Crippen LogP contribution in [0, 0.1) is 5.92 Å². The minimum Gasteiger partial charge on any atom is -0.380 e. The van der Waals surface area contributed by atoms with Crippen LogP contribution in [0.25, 0.3) is 0 Å². The fourth-order valence-electron chi connectivity index (χ4n) is 2.48. The Hall–Kier alpha value is -0.160. The van der Waals surface area contributed by atoms with Crippen LogP contribution in [0.5, 0.6) is 0 Å². The molecule has 0 aliphatic heterocycles. The van der Waals surface area contributed by atoms with Crippen molar-refractivity contribution in [3.05, 3.63) is 0 Å². The molecular weight excluding hydrogens is 240 g/mol. The molecule has 4 nitrogen and oxygen atoms in total. The van der Waals surface area contributed by atoms with Gasteiger partial charge in [0.05, 0.1) is 13.2 Å². The molecule has 0 aromatic carbocycles. The quantitative estimate of drug-likeness (QED) is 0.523. The molecule has 0 rings (SSSR count). The minimum absolute atomic E-state index is 0.431. The summed E-state index contributed by atoms with van der Waals surface area (Å²) in [6.45, 7) is 14.3. The van der Waals surface area contributed by atoms with Gasteiger partial charge in [0.1, 0.15) is 0 Å². The number of rotatable bonds is 13. The molecule has 4 heteroatoms. The maximum atomic E-state index is 5.99. The molecule has 0 saturated heterocycles. The van der Waals surface area contributed by atoms with Crippen LogP contribution < -0.4 is 5.73 Å². The molecule has 2 N–H and O–H groups in total. The second kappa shape index (κ2) is 12.9. The summed E-state index contributed by atoms with van der Waals surface area (Å²) in [4.78, 5) is 2.44. The lowest BCUT2D eigenvalue weighted by molar-refractivity contribution is 0.0499. The Bertz CT molecular complexity index is 181. The zero-order valence-corrected chi connectivity index (χ0v) is 13.4. The van der Waals surface area contributed by atoms with Crippen molar-refractivity contribution in [3.8, 4) is 0 Å². The van der Waals surface area contributed by atoms with Gasteiger partial charge in [-0.25, -0.2) is 0 Å². The Labute approximate surface area is 119 Å². The Morgan fingerprint density at radius 1 is 1.00 bits per heavy atom. The molecule has 2 atom stereocenters. The van der Waals surface area contributed by atoms with E-state index < -0.39 is 0 Å². The average molecular weight is 274 g/mol. The van der Waals surface area contributed by atoms with E-state index in [0.717, 1.165) is 39.5 Å². The van der Waals surface area contributed by atoms with E-state index in [-0.39, 0.29) is 0 Å². The lowest BCUT2D eigenvalue weighted by atomic mass is 9.95. The van der Waals surface area contributed by atoms with E-state index in [2.05, 4.69) is 18.7 Å². The summed E-state index contributed by atoms with van der Waals surface area (Å²) in [6.07, 6.45) is 2.43. The van der Waals surface area contributed by atoms with Crippen molar-refractivity contribution >= 4 is 0 Å². The van der Waals surface area contributed by atoms with Crippen LogP contribution in [0.15, 0.2) is 0 Å². The maximum Gasteiger partial charge on any atom is 0.0593 e. The fourth-order valence-corrected chi connectivity index (χ4v) is 2.48. The highest BCUT2D eigenvalue weighted by molar-refractivity contribution is 4.78. The molecule has 0 aromatic heterocycles. The molecule has 0 amide bonds. The molecule has 0 aliphatic rings. The van der Waals surface area contributed by atoms with Crippen LogP contribution in [0.1, 0.15) is 40.5 Å². The van der Waals surface area contributed by atoms with Crippen LogP contribution in [-0.2, 0) is 9.47 Å². The molecule has 2 unspecified atom stereocenters. The molecular formula is C15H34N2O2. The Balaban J connectivity index is 4.36. The largest absolute Gasteiger partial charge is 0.380 e. The summed E-state index contributed by atoms with van der Waals surface area (Å²) in [5, 5.41) is 0. The van der Waals surface area contributed by atoms with Crippen LogP contribution in [-0.4, -0.2) is 57.0 Å². The molecule has 0 fully saturated rings. The highest BCUT2D eigenvalue weighted by Crippen LogP contribution is 2.15. The van der Waals surface area contributed by atoms with Gasteiger partial charge in [-0.05, 0) is 26.2 Å². The second-order valence-electron chi connectivity index (χ2n) is 5.00. The van der Waals surface area contributed by atoms with Gasteiger partial charge < -0.3 is 15.2 Å². The number of nitrogens with zero attached hydrogens (tertiary/aromatic N) is 1. The van der Waals surface area contributed by atoms with Crippen LogP contribution in [0.3, 0.4) is 0 Å². The molecule has 0 saturated carbocycles. The standard InChI is InChI=1S/C15H34N2O2/c1-5-8-14(4)15(13-16)17(9-11-18-6-2)10-12-19-7-3/h14-15H,5-13,16H2,1-4H3. The smallest absolute Gasteiger partial charge is 0.0593 e. The summed E-state index contributed by atoms with van der Waals surface area (Å²) < 4.78 is 11.0. The van der Waals surface area contributed by atoms with Crippen molar-refractivity contribution in [1.82, 2.24) is 4.90 Å². The van der Waals surface area contributed by atoms with E-state index in [1.807, 2.05) is 13.8 Å². The van der Waals surface area contributed by atoms with Crippen molar-refractivity contribution in [2.75, 3.05) is 46.1 Å². The number of hydrogen-bond donors (Lipinski definition) is 1. The van der Waals surface area contributed by atoms with Crippen LogP contribution in [0.2, 0.25) is 0 Å². The lowest BCUT2D eigenvalue weighted by Crippen LogP contribution is -2.47. The SMILES string of the molecule is CCCC(C)C(CN)N(CCOCC)CCOCC. The molecule has 0 spiro atoms. The van der Waals surface area contributed by atoms with Gasteiger partial charge in [-0.15, -0.1) is 0 Å². The number of nitrogens with two attached hydrogens (primary N) is 1. The van der Waals surface area contributed by atoms with Gasteiger partial charge in [-0.1, -0.05) is 20.3 Å². The van der Waals surface area contributed by atoms with E-state index in [0.29, 0.717) is 18.5 Å². The van der Waals surface area contributed by atoms with Gasteiger partial charge in [0.15, 0.2) is 0 Å².